The van der Waals surface area contributed by atoms with Crippen molar-refractivity contribution in [1.29, 1.82) is 0 Å². The molecule has 5 heteroatoms. The average molecular weight is 294 g/mol. The van der Waals surface area contributed by atoms with Gasteiger partial charge in [0, 0.05) is 17.5 Å². The highest BCUT2D eigenvalue weighted by atomic mass is 32.1. The van der Waals surface area contributed by atoms with E-state index in [4.69, 9.17) is 4.74 Å². The van der Waals surface area contributed by atoms with E-state index in [-0.39, 0.29) is 24.2 Å². The first-order valence-electron chi connectivity index (χ1n) is 7.44. The Morgan fingerprint density at radius 1 is 1.55 bits per heavy atom. The molecule has 0 spiro atoms. The lowest BCUT2D eigenvalue weighted by Gasteiger charge is -2.37. The van der Waals surface area contributed by atoms with Crippen LogP contribution in [0.3, 0.4) is 0 Å². The van der Waals surface area contributed by atoms with Gasteiger partial charge in [0.2, 0.25) is 5.91 Å². The maximum atomic E-state index is 12.7. The Morgan fingerprint density at radius 3 is 3.05 bits per heavy atom. The molecule has 4 unspecified atom stereocenters. The van der Waals surface area contributed by atoms with Crippen molar-refractivity contribution in [2.45, 2.75) is 57.5 Å². The summed E-state index contributed by atoms with van der Waals surface area (Å²) >= 11 is 1.72. The maximum Gasteiger partial charge on any atom is 0.241 e. The van der Waals surface area contributed by atoms with Crippen LogP contribution in [0.25, 0.3) is 0 Å². The molecular formula is C15H22N2O2S. The molecule has 0 bridgehead atoms. The Hall–Kier alpha value is -0.910. The van der Waals surface area contributed by atoms with Crippen LogP contribution < -0.4 is 5.32 Å². The monoisotopic (exact) mass is 294 g/mol. The van der Waals surface area contributed by atoms with Crippen LogP contribution in [0.15, 0.2) is 17.5 Å². The van der Waals surface area contributed by atoms with Crippen molar-refractivity contribution in [2.75, 3.05) is 6.61 Å². The zero-order valence-electron chi connectivity index (χ0n) is 12.0. The van der Waals surface area contributed by atoms with E-state index in [1.807, 2.05) is 0 Å². The van der Waals surface area contributed by atoms with E-state index in [9.17, 15) is 4.79 Å². The molecule has 1 aromatic heterocycles. The van der Waals surface area contributed by atoms with Crippen LogP contribution in [0.5, 0.6) is 0 Å². The van der Waals surface area contributed by atoms with Gasteiger partial charge in [0.1, 0.15) is 6.17 Å². The van der Waals surface area contributed by atoms with Gasteiger partial charge in [0.25, 0.3) is 0 Å². The highest BCUT2D eigenvalue weighted by molar-refractivity contribution is 7.10. The van der Waals surface area contributed by atoms with Crippen molar-refractivity contribution in [3.05, 3.63) is 22.4 Å². The fourth-order valence-corrected chi connectivity index (χ4v) is 4.01. The summed E-state index contributed by atoms with van der Waals surface area (Å²) in [5, 5.41) is 5.58. The minimum absolute atomic E-state index is 0.0414. The highest BCUT2D eigenvalue weighted by Gasteiger charge is 2.43. The van der Waals surface area contributed by atoms with Gasteiger partial charge in [-0.1, -0.05) is 13.0 Å². The fraction of sp³-hybridized carbons (Fsp3) is 0.667. The smallest absolute Gasteiger partial charge is 0.241 e. The summed E-state index contributed by atoms with van der Waals surface area (Å²) in [7, 11) is 0. The van der Waals surface area contributed by atoms with E-state index in [1.165, 1.54) is 4.88 Å². The van der Waals surface area contributed by atoms with Crippen molar-refractivity contribution in [3.8, 4) is 0 Å². The normalized spacial score (nSPS) is 34.7. The third-order valence-corrected chi connectivity index (χ3v) is 5.19. The van der Waals surface area contributed by atoms with E-state index in [1.54, 1.807) is 11.3 Å². The molecule has 20 heavy (non-hydrogen) atoms. The van der Waals surface area contributed by atoms with Gasteiger partial charge < -0.3 is 9.64 Å². The van der Waals surface area contributed by atoms with Gasteiger partial charge in [-0.05, 0) is 37.6 Å². The van der Waals surface area contributed by atoms with Crippen LogP contribution in [0, 0.1) is 0 Å². The molecule has 3 rings (SSSR count). The quantitative estimate of drug-likeness (QED) is 0.931. The summed E-state index contributed by atoms with van der Waals surface area (Å²) in [6.07, 6.45) is 3.01. The number of amides is 1. The summed E-state index contributed by atoms with van der Waals surface area (Å²) in [6.45, 7) is 4.91. The number of nitrogens with one attached hydrogen (secondary N) is 1. The topological polar surface area (TPSA) is 41.6 Å². The summed E-state index contributed by atoms with van der Waals surface area (Å²) in [4.78, 5) is 16.0. The number of hydrogen-bond acceptors (Lipinski definition) is 4. The zero-order chi connectivity index (χ0) is 14.1. The van der Waals surface area contributed by atoms with Crippen molar-refractivity contribution in [3.63, 3.8) is 0 Å². The molecule has 2 saturated heterocycles. The van der Waals surface area contributed by atoms with E-state index in [0.29, 0.717) is 6.04 Å². The van der Waals surface area contributed by atoms with Crippen molar-refractivity contribution in [1.82, 2.24) is 10.2 Å². The van der Waals surface area contributed by atoms with E-state index in [2.05, 4.69) is 41.6 Å². The van der Waals surface area contributed by atoms with Crippen molar-refractivity contribution in [2.24, 2.45) is 0 Å². The minimum Gasteiger partial charge on any atom is -0.378 e. The zero-order valence-corrected chi connectivity index (χ0v) is 12.9. The van der Waals surface area contributed by atoms with Crippen LogP contribution in [0.1, 0.15) is 44.2 Å². The van der Waals surface area contributed by atoms with Crippen LogP contribution >= 0.6 is 11.3 Å². The predicted molar refractivity (Wildman–Crippen MR) is 79.6 cm³/mol. The Morgan fingerprint density at radius 2 is 2.40 bits per heavy atom. The molecule has 2 fully saturated rings. The van der Waals surface area contributed by atoms with Gasteiger partial charge in [-0.15, -0.1) is 11.3 Å². The molecule has 110 valence electrons. The molecule has 2 aliphatic heterocycles. The first-order valence-corrected chi connectivity index (χ1v) is 8.32. The number of hydrogen-bond donors (Lipinski definition) is 1. The molecule has 2 aliphatic rings. The minimum atomic E-state index is -0.0414. The number of ether oxygens (including phenoxy) is 1. The second-order valence-corrected chi connectivity index (χ2v) is 6.63. The third kappa shape index (κ3) is 2.50. The lowest BCUT2D eigenvalue weighted by atomic mass is 10.0. The van der Waals surface area contributed by atoms with Crippen molar-refractivity contribution < 1.29 is 9.53 Å². The Kier molecular flexibility index (Phi) is 4.10. The SMILES string of the molecule is CCC1NC(c2cccs2)N(C2CCOC(C)C2)C1=O. The molecule has 0 radical (unpaired) electrons. The van der Waals surface area contributed by atoms with Gasteiger partial charge >= 0.3 is 0 Å². The molecule has 0 aliphatic carbocycles. The summed E-state index contributed by atoms with van der Waals surface area (Å²) in [5.41, 5.74) is 0. The predicted octanol–water partition coefficient (Wildman–Crippen LogP) is 2.52. The molecule has 4 atom stereocenters. The number of thiophene rings is 1. The van der Waals surface area contributed by atoms with Gasteiger partial charge in [0.15, 0.2) is 0 Å². The lowest BCUT2D eigenvalue weighted by molar-refractivity contribution is -0.135. The Bertz CT molecular complexity index is 462. The number of carbonyl (C=O) groups is 1. The Balaban J connectivity index is 1.85. The number of carbonyl (C=O) groups excluding carboxylic acids is 1. The second kappa shape index (κ2) is 5.84. The molecule has 0 saturated carbocycles. The van der Waals surface area contributed by atoms with E-state index in [0.717, 1.165) is 25.9 Å². The first-order chi connectivity index (χ1) is 9.70. The van der Waals surface area contributed by atoms with Gasteiger partial charge in [0.05, 0.1) is 12.1 Å². The highest BCUT2D eigenvalue weighted by Crippen LogP contribution is 2.34. The van der Waals surface area contributed by atoms with Crippen LogP contribution in [0.2, 0.25) is 0 Å². The molecule has 4 nitrogen and oxygen atoms in total. The number of rotatable bonds is 3. The molecule has 0 aromatic carbocycles. The van der Waals surface area contributed by atoms with Crippen LogP contribution in [-0.4, -0.2) is 35.6 Å². The fourth-order valence-electron chi connectivity index (χ4n) is 3.23. The van der Waals surface area contributed by atoms with Gasteiger partial charge in [-0.3, -0.25) is 10.1 Å². The van der Waals surface area contributed by atoms with Crippen LogP contribution in [0.4, 0.5) is 0 Å². The summed E-state index contributed by atoms with van der Waals surface area (Å²) in [6, 6.07) is 4.42. The lowest BCUT2D eigenvalue weighted by Crippen LogP contribution is -2.44. The third-order valence-electron chi connectivity index (χ3n) is 4.26. The first kappa shape index (κ1) is 14.0. The Labute approximate surface area is 124 Å². The standard InChI is InChI=1S/C15H22N2O2S/c1-3-12-15(18)17(11-6-7-19-10(2)9-11)14(16-12)13-5-4-8-20-13/h4-5,8,10-12,14,16H,3,6-7,9H2,1-2H3. The largest absolute Gasteiger partial charge is 0.378 e. The maximum absolute atomic E-state index is 12.7. The average Bonchev–Trinajstić information content (AvgIpc) is 3.05. The van der Waals surface area contributed by atoms with Crippen molar-refractivity contribution >= 4 is 17.2 Å². The van der Waals surface area contributed by atoms with Gasteiger partial charge in [-0.2, -0.15) is 0 Å². The molecule has 3 heterocycles. The molecule has 1 N–H and O–H groups in total. The summed E-state index contributed by atoms with van der Waals surface area (Å²) < 4.78 is 5.63. The second-order valence-electron chi connectivity index (χ2n) is 5.65. The van der Waals surface area contributed by atoms with Gasteiger partial charge in [-0.25, -0.2) is 0 Å². The van der Waals surface area contributed by atoms with Crippen LogP contribution in [-0.2, 0) is 9.53 Å². The number of nitrogens with zero attached hydrogens (tertiary/aromatic N) is 1. The van der Waals surface area contributed by atoms with E-state index < -0.39 is 0 Å². The molecule has 1 amide bonds. The summed E-state index contributed by atoms with van der Waals surface area (Å²) in [5.74, 6) is 0.255. The molecule has 1 aromatic rings. The van der Waals surface area contributed by atoms with E-state index >= 15 is 0 Å². The molecular weight excluding hydrogens is 272 g/mol.